The summed E-state index contributed by atoms with van der Waals surface area (Å²) in [5.74, 6) is -0.839. The van der Waals surface area contributed by atoms with Gasteiger partial charge in [-0.3, -0.25) is 14.9 Å². The zero-order valence-electron chi connectivity index (χ0n) is 11.1. The second-order valence-corrected chi connectivity index (χ2v) is 3.96. The van der Waals surface area contributed by atoms with Crippen LogP contribution in [0.1, 0.15) is 33.5 Å². The van der Waals surface area contributed by atoms with E-state index in [1.54, 1.807) is 32.0 Å². The lowest BCUT2D eigenvalue weighted by Gasteiger charge is -2.05. The fourth-order valence-corrected chi connectivity index (χ4v) is 1.64. The van der Waals surface area contributed by atoms with Crippen molar-refractivity contribution in [2.75, 3.05) is 11.9 Å². The summed E-state index contributed by atoms with van der Waals surface area (Å²) in [7, 11) is 0. The molecule has 0 saturated heterocycles. The predicted octanol–water partition coefficient (Wildman–Crippen LogP) is 1.54. The van der Waals surface area contributed by atoms with Crippen molar-refractivity contribution in [1.29, 1.82) is 0 Å². The maximum Gasteiger partial charge on any atom is 0.343 e. The number of aryl methyl sites for hydroxylation is 1. The van der Waals surface area contributed by atoms with Crippen LogP contribution in [0.25, 0.3) is 0 Å². The van der Waals surface area contributed by atoms with Crippen LogP contribution in [0, 0.1) is 6.92 Å². The number of aromatic amines is 1. The standard InChI is InChI=1S/C13H14N4O3/c1-3-20-13(19)10-8(2)16-17-11(10)15-12(18)9-6-4-5-7-14-9/h4-7H,3H2,1-2H3,(H2,15,16,17,18). The number of rotatable bonds is 4. The topological polar surface area (TPSA) is 97.0 Å². The third kappa shape index (κ3) is 2.82. The Kier molecular flexibility index (Phi) is 4.09. The minimum Gasteiger partial charge on any atom is -0.462 e. The molecule has 7 heteroatoms. The van der Waals surface area contributed by atoms with Crippen LogP contribution in [0.15, 0.2) is 24.4 Å². The molecule has 0 unspecified atom stereocenters. The SMILES string of the molecule is CCOC(=O)c1c(NC(=O)c2ccccn2)n[nH]c1C. The number of anilines is 1. The molecule has 0 aliphatic rings. The summed E-state index contributed by atoms with van der Waals surface area (Å²) in [5, 5.41) is 9.09. The molecule has 2 heterocycles. The molecule has 2 aromatic rings. The Labute approximate surface area is 115 Å². The fourth-order valence-electron chi connectivity index (χ4n) is 1.64. The molecule has 2 rings (SSSR count). The summed E-state index contributed by atoms with van der Waals surface area (Å²) in [6.07, 6.45) is 1.51. The quantitative estimate of drug-likeness (QED) is 0.824. The molecule has 0 atom stereocenters. The number of carbonyl (C=O) groups is 2. The lowest BCUT2D eigenvalue weighted by molar-refractivity contribution is 0.0527. The van der Waals surface area contributed by atoms with Crippen LogP contribution in [0.2, 0.25) is 0 Å². The van der Waals surface area contributed by atoms with Gasteiger partial charge in [0.15, 0.2) is 5.82 Å². The molecule has 0 bridgehead atoms. The van der Waals surface area contributed by atoms with Gasteiger partial charge in [0, 0.05) is 11.9 Å². The molecule has 7 nitrogen and oxygen atoms in total. The molecule has 1 amide bonds. The average Bonchev–Trinajstić information content (AvgIpc) is 2.81. The number of carbonyl (C=O) groups excluding carboxylic acids is 2. The maximum atomic E-state index is 12.0. The van der Waals surface area contributed by atoms with Crippen LogP contribution in [-0.2, 0) is 4.74 Å². The van der Waals surface area contributed by atoms with E-state index in [1.807, 2.05) is 0 Å². The Balaban J connectivity index is 2.22. The Morgan fingerprint density at radius 2 is 2.20 bits per heavy atom. The van der Waals surface area contributed by atoms with Gasteiger partial charge >= 0.3 is 5.97 Å². The molecule has 104 valence electrons. The number of nitrogens with one attached hydrogen (secondary N) is 2. The van der Waals surface area contributed by atoms with Crippen LogP contribution in [0.4, 0.5) is 5.82 Å². The van der Waals surface area contributed by atoms with Gasteiger partial charge in [0.2, 0.25) is 0 Å². The lowest BCUT2D eigenvalue weighted by Crippen LogP contribution is -2.16. The van der Waals surface area contributed by atoms with Crippen molar-refractivity contribution in [3.05, 3.63) is 41.3 Å². The highest BCUT2D eigenvalue weighted by Gasteiger charge is 2.21. The van der Waals surface area contributed by atoms with Crippen molar-refractivity contribution in [1.82, 2.24) is 15.2 Å². The van der Waals surface area contributed by atoms with E-state index in [0.29, 0.717) is 5.69 Å². The number of hydrogen-bond acceptors (Lipinski definition) is 5. The largest absolute Gasteiger partial charge is 0.462 e. The van der Waals surface area contributed by atoms with Crippen molar-refractivity contribution < 1.29 is 14.3 Å². The van der Waals surface area contributed by atoms with Crippen LogP contribution in [0.5, 0.6) is 0 Å². The number of aromatic nitrogens is 3. The maximum absolute atomic E-state index is 12.0. The number of H-pyrrole nitrogens is 1. The van der Waals surface area contributed by atoms with Crippen molar-refractivity contribution in [2.45, 2.75) is 13.8 Å². The fraction of sp³-hybridized carbons (Fsp3) is 0.231. The van der Waals surface area contributed by atoms with Gasteiger partial charge in [-0.05, 0) is 26.0 Å². The van der Waals surface area contributed by atoms with E-state index in [2.05, 4.69) is 20.5 Å². The van der Waals surface area contributed by atoms with Crippen molar-refractivity contribution in [2.24, 2.45) is 0 Å². The predicted molar refractivity (Wildman–Crippen MR) is 71.5 cm³/mol. The van der Waals surface area contributed by atoms with Gasteiger partial charge < -0.3 is 10.1 Å². The Morgan fingerprint density at radius 1 is 1.40 bits per heavy atom. The van der Waals surface area contributed by atoms with Crippen LogP contribution in [-0.4, -0.2) is 33.7 Å². The van der Waals surface area contributed by atoms with Gasteiger partial charge in [-0.1, -0.05) is 6.07 Å². The monoisotopic (exact) mass is 274 g/mol. The van der Waals surface area contributed by atoms with E-state index in [0.717, 1.165) is 0 Å². The summed E-state index contributed by atoms with van der Waals surface area (Å²) >= 11 is 0. The molecule has 2 N–H and O–H groups in total. The molecule has 0 fully saturated rings. The van der Waals surface area contributed by atoms with Gasteiger partial charge in [0.1, 0.15) is 11.3 Å². The van der Waals surface area contributed by atoms with Gasteiger partial charge in [0.05, 0.1) is 6.61 Å². The molecule has 0 aliphatic heterocycles. The minimum absolute atomic E-state index is 0.136. The van der Waals surface area contributed by atoms with Crippen LogP contribution >= 0.6 is 0 Å². The first-order valence-electron chi connectivity index (χ1n) is 6.08. The van der Waals surface area contributed by atoms with E-state index < -0.39 is 11.9 Å². The summed E-state index contributed by atoms with van der Waals surface area (Å²) in [6, 6.07) is 4.97. The van der Waals surface area contributed by atoms with E-state index in [-0.39, 0.29) is 23.7 Å². The molecular weight excluding hydrogens is 260 g/mol. The molecule has 2 aromatic heterocycles. The molecule has 0 saturated carbocycles. The molecular formula is C13H14N4O3. The number of nitrogens with zero attached hydrogens (tertiary/aromatic N) is 2. The third-order valence-corrected chi connectivity index (χ3v) is 2.56. The minimum atomic E-state index is -0.532. The van der Waals surface area contributed by atoms with Crippen molar-refractivity contribution >= 4 is 17.7 Å². The summed E-state index contributed by atoms with van der Waals surface area (Å²) in [6.45, 7) is 3.63. The Morgan fingerprint density at radius 3 is 2.85 bits per heavy atom. The highest BCUT2D eigenvalue weighted by Crippen LogP contribution is 2.17. The lowest BCUT2D eigenvalue weighted by atomic mass is 10.2. The Hall–Kier alpha value is -2.70. The number of esters is 1. The number of pyridine rings is 1. The van der Waals surface area contributed by atoms with Gasteiger partial charge in [-0.15, -0.1) is 0 Å². The number of hydrogen-bond donors (Lipinski definition) is 2. The zero-order chi connectivity index (χ0) is 14.5. The first kappa shape index (κ1) is 13.7. The molecule has 20 heavy (non-hydrogen) atoms. The van der Waals surface area contributed by atoms with E-state index >= 15 is 0 Å². The molecule has 0 spiro atoms. The first-order chi connectivity index (χ1) is 9.63. The van der Waals surface area contributed by atoms with E-state index in [4.69, 9.17) is 4.74 Å². The first-order valence-corrected chi connectivity index (χ1v) is 6.08. The number of amides is 1. The van der Waals surface area contributed by atoms with E-state index in [1.165, 1.54) is 6.20 Å². The van der Waals surface area contributed by atoms with Gasteiger partial charge in [0.25, 0.3) is 5.91 Å². The zero-order valence-corrected chi connectivity index (χ0v) is 11.1. The average molecular weight is 274 g/mol. The molecule has 0 aromatic carbocycles. The highest BCUT2D eigenvalue weighted by atomic mass is 16.5. The second-order valence-electron chi connectivity index (χ2n) is 3.96. The summed E-state index contributed by atoms with van der Waals surface area (Å²) in [5.41, 5.74) is 0.985. The Bertz CT molecular complexity index is 622. The summed E-state index contributed by atoms with van der Waals surface area (Å²) < 4.78 is 4.93. The second kappa shape index (κ2) is 5.96. The smallest absolute Gasteiger partial charge is 0.343 e. The normalized spacial score (nSPS) is 10.1. The highest BCUT2D eigenvalue weighted by molar-refractivity contribution is 6.06. The molecule has 0 aliphatic carbocycles. The van der Waals surface area contributed by atoms with Gasteiger partial charge in [-0.25, -0.2) is 4.79 Å². The van der Waals surface area contributed by atoms with Crippen molar-refractivity contribution in [3.8, 4) is 0 Å². The van der Waals surface area contributed by atoms with Gasteiger partial charge in [-0.2, -0.15) is 5.10 Å². The van der Waals surface area contributed by atoms with Crippen molar-refractivity contribution in [3.63, 3.8) is 0 Å². The third-order valence-electron chi connectivity index (χ3n) is 2.56. The van der Waals surface area contributed by atoms with Crippen LogP contribution in [0.3, 0.4) is 0 Å². The summed E-state index contributed by atoms with van der Waals surface area (Å²) in [4.78, 5) is 27.7. The molecule has 0 radical (unpaired) electrons. The number of ether oxygens (including phenoxy) is 1. The van der Waals surface area contributed by atoms with E-state index in [9.17, 15) is 9.59 Å². The van der Waals surface area contributed by atoms with Crippen LogP contribution < -0.4 is 5.32 Å².